The van der Waals surface area contributed by atoms with Crippen molar-refractivity contribution in [2.45, 2.75) is 19.8 Å². The highest BCUT2D eigenvalue weighted by Gasteiger charge is 2.10. The molecule has 0 heterocycles. The van der Waals surface area contributed by atoms with Crippen LogP contribution in [-0.2, 0) is 6.42 Å². The molecule has 0 unspecified atom stereocenters. The molecule has 0 bridgehead atoms. The summed E-state index contributed by atoms with van der Waals surface area (Å²) in [6, 6.07) is 8.13. The number of benzene rings is 3. The minimum atomic E-state index is -0.973. The zero-order valence-corrected chi connectivity index (χ0v) is 17.0. The van der Waals surface area contributed by atoms with Gasteiger partial charge in [-0.25, -0.2) is 22.0 Å². The van der Waals surface area contributed by atoms with Gasteiger partial charge in [0, 0.05) is 11.1 Å². The van der Waals surface area contributed by atoms with E-state index in [0.29, 0.717) is 12.0 Å². The molecule has 0 aliphatic heterocycles. The summed E-state index contributed by atoms with van der Waals surface area (Å²) in [5.74, 6) is 5.60. The maximum atomic E-state index is 14.3. The summed E-state index contributed by atoms with van der Waals surface area (Å²) in [5, 5.41) is -0.646. The minimum absolute atomic E-state index is 0.0138. The molecule has 0 atom stereocenters. The first-order valence-corrected chi connectivity index (χ1v) is 9.62. The predicted molar refractivity (Wildman–Crippen MR) is 110 cm³/mol. The molecule has 0 nitrogen and oxygen atoms in total. The molecule has 0 amide bonds. The van der Waals surface area contributed by atoms with Gasteiger partial charge in [0.1, 0.15) is 34.1 Å². The van der Waals surface area contributed by atoms with Crippen molar-refractivity contribution in [2.24, 2.45) is 0 Å². The van der Waals surface area contributed by atoms with E-state index < -0.39 is 39.7 Å². The Kier molecular flexibility index (Phi) is 7.00. The van der Waals surface area contributed by atoms with Crippen LogP contribution in [-0.4, -0.2) is 0 Å². The van der Waals surface area contributed by atoms with Gasteiger partial charge in [0.25, 0.3) is 0 Å². The Morgan fingerprint density at radius 3 is 1.84 bits per heavy atom. The van der Waals surface area contributed by atoms with Crippen LogP contribution in [0.2, 0.25) is 5.02 Å². The standard InChI is InChI=1S/C25H14ClF5/c1-2-3-16-11-21(28)19(22(29)12-16)9-6-15-4-7-18(20(27)10-15)8-5-17-13-23(30)25(26)24(31)14-17/h4,7,10-14H,2-3H2,1H3. The summed E-state index contributed by atoms with van der Waals surface area (Å²) in [7, 11) is 0. The maximum Gasteiger partial charge on any atom is 0.146 e. The molecule has 0 spiro atoms. The molecule has 0 saturated heterocycles. The van der Waals surface area contributed by atoms with Gasteiger partial charge in [-0.2, -0.15) is 0 Å². The van der Waals surface area contributed by atoms with Crippen LogP contribution in [0, 0.1) is 52.8 Å². The molecule has 156 valence electrons. The van der Waals surface area contributed by atoms with Crippen molar-refractivity contribution in [1.82, 2.24) is 0 Å². The summed E-state index contributed by atoms with van der Waals surface area (Å²) >= 11 is 5.41. The molecule has 0 aromatic heterocycles. The zero-order valence-electron chi connectivity index (χ0n) is 16.2. The van der Waals surface area contributed by atoms with Crippen LogP contribution >= 0.6 is 11.6 Å². The Bertz CT molecular complexity index is 1230. The van der Waals surface area contributed by atoms with E-state index in [4.69, 9.17) is 11.6 Å². The lowest BCUT2D eigenvalue weighted by atomic mass is 10.1. The van der Waals surface area contributed by atoms with E-state index in [9.17, 15) is 22.0 Å². The molecular weight excluding hydrogens is 431 g/mol. The highest BCUT2D eigenvalue weighted by Crippen LogP contribution is 2.20. The molecule has 31 heavy (non-hydrogen) atoms. The first kappa shape index (κ1) is 22.4. The van der Waals surface area contributed by atoms with Crippen LogP contribution in [0.15, 0.2) is 42.5 Å². The van der Waals surface area contributed by atoms with Gasteiger partial charge in [-0.1, -0.05) is 48.6 Å². The monoisotopic (exact) mass is 444 g/mol. The quantitative estimate of drug-likeness (QED) is 0.232. The lowest BCUT2D eigenvalue weighted by Gasteiger charge is -2.02. The molecule has 3 aromatic carbocycles. The average molecular weight is 445 g/mol. The molecule has 0 aliphatic rings. The van der Waals surface area contributed by atoms with Gasteiger partial charge in [0.15, 0.2) is 0 Å². The molecule has 0 radical (unpaired) electrons. The second-order valence-electron chi connectivity index (χ2n) is 6.63. The summed E-state index contributed by atoms with van der Waals surface area (Å²) in [6.45, 7) is 1.90. The lowest BCUT2D eigenvalue weighted by Crippen LogP contribution is -1.95. The van der Waals surface area contributed by atoms with E-state index in [0.717, 1.165) is 24.6 Å². The van der Waals surface area contributed by atoms with E-state index in [2.05, 4.69) is 23.7 Å². The van der Waals surface area contributed by atoms with Crippen molar-refractivity contribution in [3.63, 3.8) is 0 Å². The van der Waals surface area contributed by atoms with Crippen molar-refractivity contribution >= 4 is 11.6 Å². The van der Waals surface area contributed by atoms with Gasteiger partial charge < -0.3 is 0 Å². The Hall–Kier alpha value is -3.28. The smallest absolute Gasteiger partial charge is 0.146 e. The van der Waals surface area contributed by atoms with Crippen molar-refractivity contribution in [2.75, 3.05) is 0 Å². The van der Waals surface area contributed by atoms with Gasteiger partial charge in [0.05, 0.1) is 11.1 Å². The summed E-state index contributed by atoms with van der Waals surface area (Å²) < 4.78 is 69.5. The van der Waals surface area contributed by atoms with Crippen molar-refractivity contribution in [3.8, 4) is 23.7 Å². The Balaban J connectivity index is 1.86. The minimum Gasteiger partial charge on any atom is -0.206 e. The Morgan fingerprint density at radius 1 is 0.677 bits per heavy atom. The third-order valence-electron chi connectivity index (χ3n) is 4.27. The first-order chi connectivity index (χ1) is 14.8. The van der Waals surface area contributed by atoms with Crippen LogP contribution in [0.5, 0.6) is 0 Å². The Labute approximate surface area is 181 Å². The van der Waals surface area contributed by atoms with Crippen molar-refractivity contribution < 1.29 is 22.0 Å². The fourth-order valence-corrected chi connectivity index (χ4v) is 2.88. The number of halogens is 6. The Morgan fingerprint density at radius 2 is 1.26 bits per heavy atom. The largest absolute Gasteiger partial charge is 0.206 e. The molecule has 0 aliphatic carbocycles. The van der Waals surface area contributed by atoms with E-state index in [1.807, 2.05) is 6.92 Å². The first-order valence-electron chi connectivity index (χ1n) is 9.24. The molecule has 3 rings (SSSR count). The second-order valence-corrected chi connectivity index (χ2v) is 7.01. The van der Waals surface area contributed by atoms with Crippen LogP contribution in [0.4, 0.5) is 22.0 Å². The van der Waals surface area contributed by atoms with E-state index in [1.54, 1.807) is 0 Å². The van der Waals surface area contributed by atoms with Gasteiger partial charge >= 0.3 is 0 Å². The van der Waals surface area contributed by atoms with Gasteiger partial charge in [-0.15, -0.1) is 0 Å². The van der Waals surface area contributed by atoms with Crippen molar-refractivity contribution in [3.05, 3.63) is 104 Å². The maximum absolute atomic E-state index is 14.3. The fraction of sp³-hybridized carbons (Fsp3) is 0.120. The molecule has 0 saturated carbocycles. The van der Waals surface area contributed by atoms with Gasteiger partial charge in [-0.3, -0.25) is 0 Å². The highest BCUT2D eigenvalue weighted by atomic mass is 35.5. The summed E-state index contributed by atoms with van der Waals surface area (Å²) in [6.07, 6.45) is 1.30. The predicted octanol–water partition coefficient (Wildman–Crippen LogP) is 6.79. The highest BCUT2D eigenvalue weighted by molar-refractivity contribution is 6.30. The number of aryl methyl sites for hydroxylation is 1. The summed E-state index contributed by atoms with van der Waals surface area (Å²) in [5.41, 5.74) is 0.277. The van der Waals surface area contributed by atoms with Crippen LogP contribution < -0.4 is 0 Å². The van der Waals surface area contributed by atoms with E-state index in [-0.39, 0.29) is 16.7 Å². The summed E-state index contributed by atoms with van der Waals surface area (Å²) in [4.78, 5) is 0. The van der Waals surface area contributed by atoms with E-state index in [1.165, 1.54) is 24.3 Å². The zero-order chi connectivity index (χ0) is 22.5. The van der Waals surface area contributed by atoms with Gasteiger partial charge in [0.2, 0.25) is 0 Å². The number of hydrogen-bond donors (Lipinski definition) is 0. The fourth-order valence-electron chi connectivity index (χ4n) is 2.77. The third-order valence-corrected chi connectivity index (χ3v) is 4.63. The molecule has 6 heteroatoms. The SMILES string of the molecule is CCCc1cc(F)c(C#Cc2ccc(C#Cc3cc(F)c(Cl)c(F)c3)c(F)c2)c(F)c1. The average Bonchev–Trinajstić information content (AvgIpc) is 2.71. The van der Waals surface area contributed by atoms with Crippen molar-refractivity contribution in [1.29, 1.82) is 0 Å². The second kappa shape index (κ2) is 9.69. The van der Waals surface area contributed by atoms with E-state index >= 15 is 0 Å². The normalized spacial score (nSPS) is 10.2. The van der Waals surface area contributed by atoms with Crippen LogP contribution in [0.1, 0.15) is 41.2 Å². The lowest BCUT2D eigenvalue weighted by molar-refractivity contribution is 0.573. The topological polar surface area (TPSA) is 0 Å². The molecule has 0 N–H and O–H groups in total. The van der Waals surface area contributed by atoms with Crippen LogP contribution in [0.3, 0.4) is 0 Å². The number of rotatable bonds is 2. The molecule has 0 fully saturated rings. The van der Waals surface area contributed by atoms with Gasteiger partial charge in [-0.05, 0) is 54.4 Å². The third kappa shape index (κ3) is 5.45. The molecular formula is C25H14ClF5. The van der Waals surface area contributed by atoms with Crippen LogP contribution in [0.25, 0.3) is 0 Å². The number of hydrogen-bond acceptors (Lipinski definition) is 0. The molecule has 3 aromatic rings.